The van der Waals surface area contributed by atoms with Crippen LogP contribution in [0.25, 0.3) is 0 Å². The van der Waals surface area contributed by atoms with Gasteiger partial charge in [-0.3, -0.25) is 0 Å². The number of thiophene rings is 1. The average Bonchev–Trinajstić information content (AvgIpc) is 2.98. The molecule has 0 aliphatic heterocycles. The van der Waals surface area contributed by atoms with E-state index in [4.69, 9.17) is 5.73 Å². The van der Waals surface area contributed by atoms with E-state index < -0.39 is 11.7 Å². The zero-order chi connectivity index (χ0) is 15.0. The van der Waals surface area contributed by atoms with Gasteiger partial charge >= 0.3 is 6.18 Å². The van der Waals surface area contributed by atoms with E-state index in [1.807, 2.05) is 0 Å². The number of halogens is 3. The van der Waals surface area contributed by atoms with Crippen molar-refractivity contribution in [3.63, 3.8) is 0 Å². The first kappa shape index (κ1) is 14.6. The maximum absolute atomic E-state index is 12.5. The molecule has 0 saturated carbocycles. The Labute approximate surface area is 125 Å². The smallest absolute Gasteiger partial charge is 0.323 e. The molecule has 3 rings (SSSR count). The minimum Gasteiger partial charge on any atom is -0.323 e. The van der Waals surface area contributed by atoms with E-state index in [0.717, 1.165) is 35.4 Å². The molecule has 1 nitrogen and oxygen atoms in total. The van der Waals surface area contributed by atoms with E-state index >= 15 is 0 Å². The molecule has 1 aliphatic carbocycles. The number of rotatable bonds is 3. The van der Waals surface area contributed by atoms with Gasteiger partial charge in [-0.2, -0.15) is 13.2 Å². The third kappa shape index (κ3) is 3.14. The first-order chi connectivity index (χ1) is 9.93. The second-order valence-corrected chi connectivity index (χ2v) is 6.62. The summed E-state index contributed by atoms with van der Waals surface area (Å²) >= 11 is 1.75. The summed E-state index contributed by atoms with van der Waals surface area (Å²) in [5, 5.41) is 0. The van der Waals surface area contributed by atoms with Crippen molar-refractivity contribution in [3.05, 3.63) is 56.8 Å². The highest BCUT2D eigenvalue weighted by atomic mass is 32.1. The number of fused-ring (bicyclic) bond motifs is 1. The van der Waals surface area contributed by atoms with Gasteiger partial charge in [-0.1, -0.05) is 12.1 Å². The molecule has 0 saturated heterocycles. The Bertz CT molecular complexity index is 606. The van der Waals surface area contributed by atoms with Crippen molar-refractivity contribution in [2.24, 2.45) is 5.73 Å². The van der Waals surface area contributed by atoms with Gasteiger partial charge in [0.2, 0.25) is 0 Å². The molecular formula is C16H16F3NS. The van der Waals surface area contributed by atoms with Gasteiger partial charge in [0.05, 0.1) is 5.56 Å². The summed E-state index contributed by atoms with van der Waals surface area (Å²) in [6.07, 6.45) is -0.242. The predicted octanol–water partition coefficient (Wildman–Crippen LogP) is 4.50. The Hall–Kier alpha value is -1.33. The van der Waals surface area contributed by atoms with Crippen LogP contribution in [0.1, 0.15) is 38.9 Å². The molecule has 1 atom stereocenters. The fourth-order valence-corrected chi connectivity index (χ4v) is 3.98. The van der Waals surface area contributed by atoms with Gasteiger partial charge in [-0.15, -0.1) is 11.3 Å². The molecule has 0 spiro atoms. The second-order valence-electron chi connectivity index (χ2n) is 5.46. The minimum atomic E-state index is -4.28. The second kappa shape index (κ2) is 5.46. The van der Waals surface area contributed by atoms with E-state index in [2.05, 4.69) is 6.07 Å². The van der Waals surface area contributed by atoms with E-state index in [9.17, 15) is 13.2 Å². The molecule has 112 valence electrons. The van der Waals surface area contributed by atoms with Crippen LogP contribution in [0, 0.1) is 0 Å². The Morgan fingerprint density at radius 3 is 2.48 bits per heavy atom. The monoisotopic (exact) mass is 311 g/mol. The SMILES string of the molecule is NC(Cc1ccc(C(F)(F)F)cc1)c1cc2c(s1)CCC2. The molecule has 1 unspecified atom stereocenters. The van der Waals surface area contributed by atoms with Crippen LogP contribution in [-0.4, -0.2) is 0 Å². The van der Waals surface area contributed by atoms with Crippen LogP contribution in [0.15, 0.2) is 30.3 Å². The summed E-state index contributed by atoms with van der Waals surface area (Å²) in [5.74, 6) is 0. The van der Waals surface area contributed by atoms with Crippen LogP contribution in [0.2, 0.25) is 0 Å². The molecule has 1 aliphatic rings. The van der Waals surface area contributed by atoms with Gasteiger partial charge in [-0.25, -0.2) is 0 Å². The van der Waals surface area contributed by atoms with Gasteiger partial charge in [0, 0.05) is 15.8 Å². The van der Waals surface area contributed by atoms with Crippen LogP contribution in [0.4, 0.5) is 13.2 Å². The average molecular weight is 311 g/mol. The summed E-state index contributed by atoms with van der Waals surface area (Å²) in [5.41, 5.74) is 7.82. The number of aryl methyl sites for hydroxylation is 2. The summed E-state index contributed by atoms with van der Waals surface area (Å²) < 4.78 is 37.5. The van der Waals surface area contributed by atoms with E-state index in [0.29, 0.717) is 6.42 Å². The van der Waals surface area contributed by atoms with Crippen LogP contribution in [-0.2, 0) is 25.4 Å². The highest BCUT2D eigenvalue weighted by Gasteiger charge is 2.30. The highest BCUT2D eigenvalue weighted by molar-refractivity contribution is 7.12. The first-order valence-corrected chi connectivity index (χ1v) is 7.78. The molecule has 0 bridgehead atoms. The fourth-order valence-electron chi connectivity index (χ4n) is 2.72. The molecule has 5 heteroatoms. The maximum atomic E-state index is 12.5. The predicted molar refractivity (Wildman–Crippen MR) is 78.4 cm³/mol. The molecule has 0 radical (unpaired) electrons. The minimum absolute atomic E-state index is 0.141. The Balaban J connectivity index is 1.70. The molecule has 2 aromatic rings. The molecule has 0 fully saturated rings. The number of hydrogen-bond donors (Lipinski definition) is 1. The number of nitrogens with two attached hydrogens (primary N) is 1. The largest absolute Gasteiger partial charge is 0.416 e. The van der Waals surface area contributed by atoms with Crippen molar-refractivity contribution in [2.45, 2.75) is 37.9 Å². The summed E-state index contributed by atoms with van der Waals surface area (Å²) in [6, 6.07) is 7.31. The first-order valence-electron chi connectivity index (χ1n) is 6.96. The third-order valence-corrected chi connectivity index (χ3v) is 5.24. The lowest BCUT2D eigenvalue weighted by Crippen LogP contribution is -2.12. The topological polar surface area (TPSA) is 26.0 Å². The standard InChI is InChI=1S/C16H16F3NS/c17-16(18,19)12-6-4-10(5-7-12)8-13(20)15-9-11-2-1-3-14(11)21-15/h4-7,9,13H,1-3,8,20H2. The Morgan fingerprint density at radius 1 is 1.14 bits per heavy atom. The Morgan fingerprint density at radius 2 is 1.86 bits per heavy atom. The van der Waals surface area contributed by atoms with Crippen LogP contribution in [0.3, 0.4) is 0 Å². The molecule has 21 heavy (non-hydrogen) atoms. The quantitative estimate of drug-likeness (QED) is 0.887. The van der Waals surface area contributed by atoms with Crippen LogP contribution >= 0.6 is 11.3 Å². The van der Waals surface area contributed by atoms with Gasteiger partial charge < -0.3 is 5.73 Å². The lowest BCUT2D eigenvalue weighted by Gasteiger charge is -2.11. The fraction of sp³-hybridized carbons (Fsp3) is 0.375. The van der Waals surface area contributed by atoms with Crippen molar-refractivity contribution in [3.8, 4) is 0 Å². The molecular weight excluding hydrogens is 295 g/mol. The normalized spacial score (nSPS) is 16.0. The van der Waals surface area contributed by atoms with Crippen molar-refractivity contribution in [2.75, 3.05) is 0 Å². The van der Waals surface area contributed by atoms with Crippen molar-refractivity contribution < 1.29 is 13.2 Å². The molecule has 1 aromatic heterocycles. The van der Waals surface area contributed by atoms with E-state index in [1.165, 1.54) is 29.0 Å². The lowest BCUT2D eigenvalue weighted by atomic mass is 10.0. The van der Waals surface area contributed by atoms with Crippen molar-refractivity contribution >= 4 is 11.3 Å². The van der Waals surface area contributed by atoms with Gasteiger partial charge in [0.15, 0.2) is 0 Å². The van der Waals surface area contributed by atoms with E-state index in [-0.39, 0.29) is 6.04 Å². The Kier molecular flexibility index (Phi) is 3.80. The van der Waals surface area contributed by atoms with Crippen molar-refractivity contribution in [1.82, 2.24) is 0 Å². The summed E-state index contributed by atoms with van der Waals surface area (Å²) in [4.78, 5) is 2.56. The molecule has 0 amide bonds. The maximum Gasteiger partial charge on any atom is 0.416 e. The summed E-state index contributed by atoms with van der Waals surface area (Å²) in [6.45, 7) is 0. The molecule has 1 aromatic carbocycles. The number of benzene rings is 1. The van der Waals surface area contributed by atoms with Crippen molar-refractivity contribution in [1.29, 1.82) is 0 Å². The third-order valence-electron chi connectivity index (χ3n) is 3.87. The molecule has 1 heterocycles. The zero-order valence-corrected chi connectivity index (χ0v) is 12.2. The highest BCUT2D eigenvalue weighted by Crippen LogP contribution is 2.34. The van der Waals surface area contributed by atoms with Gasteiger partial charge in [0.1, 0.15) is 0 Å². The van der Waals surface area contributed by atoms with Gasteiger partial charge in [0.25, 0.3) is 0 Å². The van der Waals surface area contributed by atoms with Crippen LogP contribution < -0.4 is 5.73 Å². The lowest BCUT2D eigenvalue weighted by molar-refractivity contribution is -0.137. The zero-order valence-electron chi connectivity index (χ0n) is 11.4. The van der Waals surface area contributed by atoms with E-state index in [1.54, 1.807) is 11.3 Å². The van der Waals surface area contributed by atoms with Crippen LogP contribution in [0.5, 0.6) is 0 Å². The number of hydrogen-bond acceptors (Lipinski definition) is 2. The number of alkyl halides is 3. The van der Waals surface area contributed by atoms with Gasteiger partial charge in [-0.05, 0) is 55.0 Å². The molecule has 2 N–H and O–H groups in total. The summed E-state index contributed by atoms with van der Waals surface area (Å²) in [7, 11) is 0.